The van der Waals surface area contributed by atoms with Crippen LogP contribution in [0.1, 0.15) is 24.8 Å². The second kappa shape index (κ2) is 2.95. The average molecular weight is 205 g/mol. The topological polar surface area (TPSA) is 42.4 Å². The maximum absolute atomic E-state index is 10.6. The Balaban J connectivity index is 2.00. The molecule has 3 rings (SSSR count). The van der Waals surface area contributed by atoms with E-state index in [2.05, 4.69) is 4.98 Å². The summed E-state index contributed by atoms with van der Waals surface area (Å²) < 4.78 is 5.25. The molecule has 0 bridgehead atoms. The summed E-state index contributed by atoms with van der Waals surface area (Å²) in [6.45, 7) is 0. The Kier molecular flexibility index (Phi) is 1.80. The maximum Gasteiger partial charge on any atom is 0.143 e. The molecule has 0 radical (unpaired) electrons. The van der Waals surface area contributed by atoms with Crippen LogP contribution < -0.4 is 4.74 Å². The van der Waals surface area contributed by atoms with Crippen LogP contribution in [-0.2, 0) is 5.60 Å². The first-order valence-electron chi connectivity index (χ1n) is 5.49. The van der Waals surface area contributed by atoms with Crippen molar-refractivity contribution in [2.24, 2.45) is 11.8 Å². The standard InChI is InChI=1S/C12H15NO2/c1-15-11-7-13-6-5-10(11)12(14)8-3-2-4-9(8)12/h5-9,14H,2-4H2,1H3. The minimum absolute atomic E-state index is 0.453. The molecule has 2 atom stereocenters. The molecule has 2 unspecified atom stereocenters. The zero-order valence-corrected chi connectivity index (χ0v) is 8.81. The number of nitrogens with zero attached hydrogens (tertiary/aromatic N) is 1. The van der Waals surface area contributed by atoms with Crippen LogP contribution in [0.4, 0.5) is 0 Å². The molecule has 0 amide bonds. The summed E-state index contributed by atoms with van der Waals surface area (Å²) in [6.07, 6.45) is 6.95. The van der Waals surface area contributed by atoms with Gasteiger partial charge in [0.15, 0.2) is 0 Å². The van der Waals surface area contributed by atoms with Crippen molar-refractivity contribution >= 4 is 0 Å². The van der Waals surface area contributed by atoms with Crippen LogP contribution in [0, 0.1) is 11.8 Å². The van der Waals surface area contributed by atoms with E-state index in [1.165, 1.54) is 6.42 Å². The molecule has 15 heavy (non-hydrogen) atoms. The number of hydrogen-bond acceptors (Lipinski definition) is 3. The molecule has 2 aliphatic rings. The molecule has 3 heteroatoms. The van der Waals surface area contributed by atoms with Crippen LogP contribution in [0.5, 0.6) is 5.75 Å². The highest BCUT2D eigenvalue weighted by atomic mass is 16.5. The first-order chi connectivity index (χ1) is 7.28. The van der Waals surface area contributed by atoms with Crippen molar-refractivity contribution in [3.05, 3.63) is 24.0 Å². The van der Waals surface area contributed by atoms with E-state index >= 15 is 0 Å². The fourth-order valence-corrected chi connectivity index (χ4v) is 3.19. The minimum Gasteiger partial charge on any atom is -0.495 e. The van der Waals surface area contributed by atoms with Crippen molar-refractivity contribution in [1.29, 1.82) is 0 Å². The van der Waals surface area contributed by atoms with Gasteiger partial charge in [-0.25, -0.2) is 0 Å². The van der Waals surface area contributed by atoms with Crippen LogP contribution in [0.2, 0.25) is 0 Å². The van der Waals surface area contributed by atoms with Gasteiger partial charge in [0.2, 0.25) is 0 Å². The van der Waals surface area contributed by atoms with E-state index in [1.54, 1.807) is 19.5 Å². The minimum atomic E-state index is -0.619. The van der Waals surface area contributed by atoms with Crippen LogP contribution in [0.25, 0.3) is 0 Å². The number of rotatable bonds is 2. The summed E-state index contributed by atoms with van der Waals surface area (Å²) >= 11 is 0. The van der Waals surface area contributed by atoms with Crippen molar-refractivity contribution in [3.8, 4) is 5.75 Å². The molecule has 0 spiro atoms. The highest BCUT2D eigenvalue weighted by molar-refractivity contribution is 5.42. The number of pyridine rings is 1. The van der Waals surface area contributed by atoms with Gasteiger partial charge in [0, 0.05) is 11.8 Å². The Bertz CT molecular complexity index is 381. The lowest BCUT2D eigenvalue weighted by Crippen LogP contribution is -2.14. The van der Waals surface area contributed by atoms with Gasteiger partial charge in [0.25, 0.3) is 0 Å². The van der Waals surface area contributed by atoms with Gasteiger partial charge in [0.1, 0.15) is 5.75 Å². The van der Waals surface area contributed by atoms with E-state index in [9.17, 15) is 5.11 Å². The molecule has 1 N–H and O–H groups in total. The van der Waals surface area contributed by atoms with E-state index in [-0.39, 0.29) is 0 Å². The highest BCUT2D eigenvalue weighted by Gasteiger charge is 2.67. The number of methoxy groups -OCH3 is 1. The van der Waals surface area contributed by atoms with E-state index < -0.39 is 5.60 Å². The predicted molar refractivity (Wildman–Crippen MR) is 55.5 cm³/mol. The van der Waals surface area contributed by atoms with Crippen LogP contribution in [-0.4, -0.2) is 17.2 Å². The van der Waals surface area contributed by atoms with E-state index in [0.717, 1.165) is 24.2 Å². The largest absolute Gasteiger partial charge is 0.495 e. The normalized spacial score (nSPS) is 37.5. The van der Waals surface area contributed by atoms with Crippen molar-refractivity contribution in [1.82, 2.24) is 4.98 Å². The van der Waals surface area contributed by atoms with Crippen molar-refractivity contribution in [3.63, 3.8) is 0 Å². The molecular formula is C12H15NO2. The average Bonchev–Trinajstić information content (AvgIpc) is 2.71. The van der Waals surface area contributed by atoms with Crippen molar-refractivity contribution < 1.29 is 9.84 Å². The third-order valence-corrected chi connectivity index (χ3v) is 3.97. The van der Waals surface area contributed by atoms with Gasteiger partial charge in [0.05, 0.1) is 18.9 Å². The summed E-state index contributed by atoms with van der Waals surface area (Å²) in [5, 5.41) is 10.6. The lowest BCUT2D eigenvalue weighted by Gasteiger charge is -2.17. The highest BCUT2D eigenvalue weighted by Crippen LogP contribution is 2.67. The predicted octanol–water partition coefficient (Wildman–Crippen LogP) is 1.71. The fourth-order valence-electron chi connectivity index (χ4n) is 3.19. The van der Waals surface area contributed by atoms with Crippen LogP contribution in [0.15, 0.2) is 18.5 Å². The molecule has 1 aromatic rings. The molecule has 3 nitrogen and oxygen atoms in total. The fraction of sp³-hybridized carbons (Fsp3) is 0.583. The first-order valence-corrected chi connectivity index (χ1v) is 5.49. The SMILES string of the molecule is COc1cnccc1C1(O)C2CCCC21. The number of hydrogen-bond donors (Lipinski definition) is 1. The summed E-state index contributed by atoms with van der Waals surface area (Å²) in [7, 11) is 1.63. The van der Waals surface area contributed by atoms with Crippen molar-refractivity contribution in [2.75, 3.05) is 7.11 Å². The van der Waals surface area contributed by atoms with Gasteiger partial charge in [-0.05, 0) is 30.7 Å². The van der Waals surface area contributed by atoms with Gasteiger partial charge >= 0.3 is 0 Å². The zero-order valence-electron chi connectivity index (χ0n) is 8.81. The summed E-state index contributed by atoms with van der Waals surface area (Å²) in [5.41, 5.74) is 0.307. The number of fused-ring (bicyclic) bond motifs is 1. The molecule has 0 saturated heterocycles. The Hall–Kier alpha value is -1.09. The Morgan fingerprint density at radius 2 is 2.20 bits per heavy atom. The Morgan fingerprint density at radius 1 is 1.47 bits per heavy atom. The van der Waals surface area contributed by atoms with E-state index in [0.29, 0.717) is 11.8 Å². The van der Waals surface area contributed by atoms with Crippen LogP contribution >= 0.6 is 0 Å². The van der Waals surface area contributed by atoms with E-state index in [1.807, 2.05) is 6.07 Å². The molecule has 1 heterocycles. The Labute approximate surface area is 89.1 Å². The molecule has 2 saturated carbocycles. The second-order valence-electron chi connectivity index (χ2n) is 4.55. The summed E-state index contributed by atoms with van der Waals surface area (Å²) in [6, 6.07) is 1.89. The number of ether oxygens (including phenoxy) is 1. The molecule has 2 fully saturated rings. The number of aromatic nitrogens is 1. The van der Waals surface area contributed by atoms with Gasteiger partial charge in [-0.15, -0.1) is 0 Å². The van der Waals surface area contributed by atoms with Gasteiger partial charge in [-0.2, -0.15) is 0 Å². The lowest BCUT2D eigenvalue weighted by atomic mass is 9.99. The van der Waals surface area contributed by atoms with E-state index in [4.69, 9.17) is 4.74 Å². The van der Waals surface area contributed by atoms with Crippen LogP contribution in [0.3, 0.4) is 0 Å². The first kappa shape index (κ1) is 9.16. The summed E-state index contributed by atoms with van der Waals surface area (Å²) in [4.78, 5) is 4.02. The smallest absolute Gasteiger partial charge is 0.143 e. The molecule has 1 aromatic heterocycles. The zero-order chi connectivity index (χ0) is 10.5. The molecular weight excluding hydrogens is 190 g/mol. The van der Waals surface area contributed by atoms with Gasteiger partial charge in [-0.3, -0.25) is 4.98 Å². The molecule has 2 aliphatic carbocycles. The lowest BCUT2D eigenvalue weighted by molar-refractivity contribution is 0.102. The third-order valence-electron chi connectivity index (χ3n) is 3.97. The Morgan fingerprint density at radius 3 is 2.87 bits per heavy atom. The molecule has 0 aromatic carbocycles. The van der Waals surface area contributed by atoms with Crippen molar-refractivity contribution in [2.45, 2.75) is 24.9 Å². The summed E-state index contributed by atoms with van der Waals surface area (Å²) in [5.74, 6) is 1.62. The maximum atomic E-state index is 10.6. The molecule has 80 valence electrons. The third kappa shape index (κ3) is 1.07. The number of aliphatic hydroxyl groups is 1. The quantitative estimate of drug-likeness (QED) is 0.799. The molecule has 0 aliphatic heterocycles. The van der Waals surface area contributed by atoms with Gasteiger partial charge < -0.3 is 9.84 Å². The van der Waals surface area contributed by atoms with Gasteiger partial charge in [-0.1, -0.05) is 6.42 Å². The second-order valence-corrected chi connectivity index (χ2v) is 4.55. The monoisotopic (exact) mass is 205 g/mol.